The quantitative estimate of drug-likeness (QED) is 0.811. The van der Waals surface area contributed by atoms with E-state index >= 15 is 0 Å². The summed E-state index contributed by atoms with van der Waals surface area (Å²) in [5.41, 5.74) is -2.70. The molecule has 0 bridgehead atoms. The van der Waals surface area contributed by atoms with Gasteiger partial charge in [-0.1, -0.05) is 35.3 Å². The molecule has 1 aromatic carbocycles. The molecular weight excluding hydrogens is 311 g/mol. The lowest BCUT2D eigenvalue weighted by Crippen LogP contribution is -2.45. The summed E-state index contributed by atoms with van der Waals surface area (Å²) < 4.78 is 37.6. The van der Waals surface area contributed by atoms with Gasteiger partial charge in [0.1, 0.15) is 0 Å². The molecule has 0 spiro atoms. The summed E-state index contributed by atoms with van der Waals surface area (Å²) in [4.78, 5) is 0. The van der Waals surface area contributed by atoms with E-state index in [2.05, 4.69) is 0 Å². The molecule has 0 saturated carbocycles. The number of halogens is 6. The Morgan fingerprint density at radius 1 is 1.17 bits per heavy atom. The van der Waals surface area contributed by atoms with Crippen LogP contribution >= 0.6 is 34.8 Å². The Bertz CT molecular complexity index is 459. The molecule has 100 valence electrons. The van der Waals surface area contributed by atoms with Gasteiger partial charge in [-0.25, -0.2) is 0 Å². The van der Waals surface area contributed by atoms with Crippen molar-refractivity contribution in [2.45, 2.75) is 11.8 Å². The summed E-state index contributed by atoms with van der Waals surface area (Å²) in [6, 6.07) is 4.29. The fourth-order valence-corrected chi connectivity index (χ4v) is 1.61. The van der Waals surface area contributed by atoms with Crippen LogP contribution in [-0.4, -0.2) is 22.8 Å². The largest absolute Gasteiger partial charge is 0.422 e. The molecule has 0 amide bonds. The number of benzene rings is 1. The minimum Gasteiger partial charge on any atom is -0.376 e. The van der Waals surface area contributed by atoms with Crippen LogP contribution in [0.15, 0.2) is 24.3 Å². The van der Waals surface area contributed by atoms with Gasteiger partial charge >= 0.3 is 6.18 Å². The van der Waals surface area contributed by atoms with Gasteiger partial charge in [0.25, 0.3) is 0 Å². The highest BCUT2D eigenvalue weighted by atomic mass is 35.5. The van der Waals surface area contributed by atoms with E-state index in [4.69, 9.17) is 34.8 Å². The SMILES string of the molecule is OC(/C=C/c1ccc(Cl)c(Cl)c1)(CCl)C(F)(F)F. The predicted molar refractivity (Wildman–Crippen MR) is 67.2 cm³/mol. The average Bonchev–Trinajstić information content (AvgIpc) is 2.28. The molecule has 1 unspecified atom stereocenters. The minimum atomic E-state index is -4.85. The van der Waals surface area contributed by atoms with Crippen LogP contribution in [0.25, 0.3) is 6.08 Å². The van der Waals surface area contributed by atoms with E-state index in [1.807, 2.05) is 0 Å². The van der Waals surface area contributed by atoms with E-state index in [1.165, 1.54) is 18.2 Å². The van der Waals surface area contributed by atoms with E-state index in [1.54, 1.807) is 0 Å². The Balaban J connectivity index is 3.01. The zero-order valence-corrected chi connectivity index (χ0v) is 11.1. The highest BCUT2D eigenvalue weighted by molar-refractivity contribution is 6.42. The fraction of sp³-hybridized carbons (Fsp3) is 0.273. The zero-order chi connectivity index (χ0) is 14.0. The fourth-order valence-electron chi connectivity index (χ4n) is 1.06. The van der Waals surface area contributed by atoms with E-state index < -0.39 is 17.7 Å². The second-order valence-electron chi connectivity index (χ2n) is 3.56. The van der Waals surface area contributed by atoms with Crippen LogP contribution in [0.3, 0.4) is 0 Å². The van der Waals surface area contributed by atoms with Crippen LogP contribution in [0.4, 0.5) is 13.2 Å². The summed E-state index contributed by atoms with van der Waals surface area (Å²) in [7, 11) is 0. The Kier molecular flexibility index (Phi) is 4.95. The molecule has 0 aliphatic heterocycles. The summed E-state index contributed by atoms with van der Waals surface area (Å²) in [5, 5.41) is 9.84. The van der Waals surface area contributed by atoms with Crippen molar-refractivity contribution in [2.24, 2.45) is 0 Å². The Morgan fingerprint density at radius 2 is 1.78 bits per heavy atom. The van der Waals surface area contributed by atoms with Gasteiger partial charge in [-0.05, 0) is 23.8 Å². The maximum absolute atomic E-state index is 12.5. The summed E-state index contributed by atoms with van der Waals surface area (Å²) in [6.07, 6.45) is -3.18. The van der Waals surface area contributed by atoms with Crippen molar-refractivity contribution >= 4 is 40.9 Å². The third-order valence-electron chi connectivity index (χ3n) is 2.19. The van der Waals surface area contributed by atoms with Gasteiger partial charge < -0.3 is 5.11 Å². The van der Waals surface area contributed by atoms with Crippen LogP contribution in [0.5, 0.6) is 0 Å². The smallest absolute Gasteiger partial charge is 0.376 e. The van der Waals surface area contributed by atoms with Gasteiger partial charge in [0.05, 0.1) is 15.9 Å². The first-order valence-electron chi connectivity index (χ1n) is 4.69. The molecule has 0 radical (unpaired) electrons. The molecule has 7 heteroatoms. The van der Waals surface area contributed by atoms with Crippen molar-refractivity contribution in [1.82, 2.24) is 0 Å². The highest BCUT2D eigenvalue weighted by Gasteiger charge is 2.51. The number of hydrogen-bond donors (Lipinski definition) is 1. The molecule has 0 saturated heterocycles. The first-order chi connectivity index (χ1) is 8.19. The summed E-state index contributed by atoms with van der Waals surface area (Å²) in [6.45, 7) is 0. The molecule has 1 nitrogen and oxygen atoms in total. The molecule has 1 rings (SSSR count). The van der Waals surface area contributed by atoms with Crippen LogP contribution in [0.2, 0.25) is 10.0 Å². The number of aliphatic hydroxyl groups is 1. The first kappa shape index (κ1) is 15.6. The van der Waals surface area contributed by atoms with Gasteiger partial charge in [-0.2, -0.15) is 13.2 Å². The summed E-state index contributed by atoms with van der Waals surface area (Å²) >= 11 is 16.5. The van der Waals surface area contributed by atoms with Gasteiger partial charge in [0, 0.05) is 0 Å². The Morgan fingerprint density at radius 3 is 2.22 bits per heavy atom. The van der Waals surface area contributed by atoms with Crippen molar-refractivity contribution in [3.63, 3.8) is 0 Å². The molecule has 1 N–H and O–H groups in total. The van der Waals surface area contributed by atoms with E-state index in [9.17, 15) is 18.3 Å². The lowest BCUT2D eigenvalue weighted by Gasteiger charge is -2.24. The van der Waals surface area contributed by atoms with E-state index in [0.717, 1.165) is 6.08 Å². The van der Waals surface area contributed by atoms with Crippen molar-refractivity contribution in [3.8, 4) is 0 Å². The van der Waals surface area contributed by atoms with E-state index in [0.29, 0.717) is 11.6 Å². The third kappa shape index (κ3) is 3.54. The maximum atomic E-state index is 12.5. The number of hydrogen-bond acceptors (Lipinski definition) is 1. The van der Waals surface area contributed by atoms with Crippen LogP contribution in [0, 0.1) is 0 Å². The first-order valence-corrected chi connectivity index (χ1v) is 5.98. The van der Waals surface area contributed by atoms with Gasteiger partial charge in [-0.3, -0.25) is 0 Å². The Labute approximate surface area is 117 Å². The monoisotopic (exact) mass is 318 g/mol. The number of rotatable bonds is 3. The zero-order valence-electron chi connectivity index (χ0n) is 8.81. The topological polar surface area (TPSA) is 20.2 Å². The van der Waals surface area contributed by atoms with Gasteiger partial charge in [0.15, 0.2) is 5.60 Å². The predicted octanol–water partition coefficient (Wildman–Crippen LogP) is 4.54. The third-order valence-corrected chi connectivity index (χ3v) is 3.34. The molecular formula is C11H8Cl3F3O. The molecule has 0 aromatic heterocycles. The van der Waals surface area contributed by atoms with Gasteiger partial charge in [-0.15, -0.1) is 11.6 Å². The Hall–Kier alpha value is -0.420. The van der Waals surface area contributed by atoms with Crippen molar-refractivity contribution in [2.75, 3.05) is 5.88 Å². The van der Waals surface area contributed by atoms with Crippen LogP contribution in [-0.2, 0) is 0 Å². The van der Waals surface area contributed by atoms with Crippen molar-refractivity contribution in [3.05, 3.63) is 39.9 Å². The van der Waals surface area contributed by atoms with Gasteiger partial charge in [0.2, 0.25) is 0 Å². The number of alkyl halides is 4. The van der Waals surface area contributed by atoms with Crippen LogP contribution < -0.4 is 0 Å². The second-order valence-corrected chi connectivity index (χ2v) is 4.64. The molecule has 0 aliphatic rings. The average molecular weight is 320 g/mol. The maximum Gasteiger partial charge on any atom is 0.422 e. The van der Waals surface area contributed by atoms with Crippen molar-refractivity contribution in [1.29, 1.82) is 0 Å². The molecule has 0 fully saturated rings. The lowest BCUT2D eigenvalue weighted by molar-refractivity contribution is -0.230. The molecule has 0 heterocycles. The highest BCUT2D eigenvalue weighted by Crippen LogP contribution is 2.33. The normalized spacial score (nSPS) is 15.9. The molecule has 1 atom stereocenters. The molecule has 0 aliphatic carbocycles. The van der Waals surface area contributed by atoms with Crippen LogP contribution in [0.1, 0.15) is 5.56 Å². The van der Waals surface area contributed by atoms with E-state index in [-0.39, 0.29) is 10.0 Å². The summed E-state index contributed by atoms with van der Waals surface area (Å²) in [5.74, 6) is -0.992. The minimum absolute atomic E-state index is 0.209. The lowest BCUT2D eigenvalue weighted by atomic mass is 10.0. The standard InChI is InChI=1S/C11H8Cl3F3O/c12-6-10(18,11(15,16)17)4-3-7-1-2-8(13)9(14)5-7/h1-5,18H,6H2/b4-3+. The van der Waals surface area contributed by atoms with Crippen molar-refractivity contribution < 1.29 is 18.3 Å². The molecule has 1 aromatic rings. The second kappa shape index (κ2) is 5.70. The molecule has 18 heavy (non-hydrogen) atoms.